The number of rotatable bonds is 3. The number of hydrogen-bond acceptors (Lipinski definition) is 3. The topological polar surface area (TPSA) is 53.1 Å². The average molecular weight is 308 g/mol. The molecule has 0 saturated heterocycles. The quantitative estimate of drug-likeness (QED) is 0.948. The molecule has 0 spiro atoms. The summed E-state index contributed by atoms with van der Waals surface area (Å²) in [6, 6.07) is 7.83. The van der Waals surface area contributed by atoms with E-state index in [1.165, 1.54) is 0 Å². The number of aryl methyl sites for hydroxylation is 1. The number of halogens is 1. The van der Waals surface area contributed by atoms with Gasteiger partial charge in [0.25, 0.3) is 0 Å². The predicted octanol–water partition coefficient (Wildman–Crippen LogP) is 2.97. The first kappa shape index (κ1) is 11.6. The Bertz CT molecular complexity index is 570. The molecule has 94 valence electrons. The van der Waals surface area contributed by atoms with Crippen LogP contribution in [0, 0.1) is 0 Å². The van der Waals surface area contributed by atoms with E-state index < -0.39 is 0 Å². The maximum absolute atomic E-state index is 5.90. The van der Waals surface area contributed by atoms with E-state index in [9.17, 15) is 0 Å². The van der Waals surface area contributed by atoms with E-state index in [1.54, 1.807) is 4.68 Å². The molecule has 5 heteroatoms. The molecule has 4 nitrogen and oxygen atoms in total. The maximum Gasteiger partial charge on any atom is 0.129 e. The fraction of sp³-hybridized carbons (Fsp3) is 0.308. The molecule has 1 fully saturated rings. The Kier molecular flexibility index (Phi) is 2.78. The summed E-state index contributed by atoms with van der Waals surface area (Å²) in [5.41, 5.74) is 7.64. The number of hydrogen-bond donors (Lipinski definition) is 1. The number of nitrogen functional groups attached to an aromatic ring is 1. The van der Waals surface area contributed by atoms with Gasteiger partial charge >= 0.3 is 0 Å². The number of benzene rings is 1. The third kappa shape index (κ3) is 2.22. The molecular weight excluding hydrogens is 294 g/mol. The fourth-order valence-corrected chi connectivity index (χ4v) is 2.14. The molecule has 1 heterocycles. The summed E-state index contributed by atoms with van der Waals surface area (Å²) in [5, 5.41) is 4.40. The number of nitrogens with zero attached hydrogens (tertiary/aromatic N) is 2. The van der Waals surface area contributed by atoms with Crippen LogP contribution >= 0.6 is 15.9 Å². The van der Waals surface area contributed by atoms with E-state index >= 15 is 0 Å². The van der Waals surface area contributed by atoms with E-state index in [2.05, 4.69) is 21.0 Å². The van der Waals surface area contributed by atoms with Crippen molar-refractivity contribution in [2.45, 2.75) is 18.9 Å². The lowest BCUT2D eigenvalue weighted by Gasteiger charge is -2.09. The zero-order chi connectivity index (χ0) is 12.7. The first-order chi connectivity index (χ1) is 8.63. The minimum Gasteiger partial charge on any atom is -0.490 e. The zero-order valence-electron chi connectivity index (χ0n) is 10.1. The van der Waals surface area contributed by atoms with Crippen LogP contribution < -0.4 is 10.5 Å². The molecule has 1 saturated carbocycles. The molecule has 0 atom stereocenters. The van der Waals surface area contributed by atoms with Gasteiger partial charge in [-0.2, -0.15) is 5.10 Å². The summed E-state index contributed by atoms with van der Waals surface area (Å²) in [5.74, 6) is 1.51. The summed E-state index contributed by atoms with van der Waals surface area (Å²) in [7, 11) is 1.83. The van der Waals surface area contributed by atoms with Gasteiger partial charge in [0.1, 0.15) is 11.6 Å². The Morgan fingerprint density at radius 2 is 2.17 bits per heavy atom. The lowest BCUT2D eigenvalue weighted by molar-refractivity contribution is 0.304. The molecule has 0 unspecified atom stereocenters. The highest BCUT2D eigenvalue weighted by Gasteiger charge is 2.25. The minimum absolute atomic E-state index is 0.367. The van der Waals surface area contributed by atoms with Crippen LogP contribution in [0.1, 0.15) is 12.8 Å². The highest BCUT2D eigenvalue weighted by Crippen LogP contribution is 2.36. The lowest BCUT2D eigenvalue weighted by atomic mass is 10.1. The number of anilines is 1. The molecule has 1 aliphatic rings. The van der Waals surface area contributed by atoms with Crippen LogP contribution in [0.15, 0.2) is 28.7 Å². The van der Waals surface area contributed by atoms with Gasteiger partial charge in [-0.15, -0.1) is 0 Å². The first-order valence-corrected chi connectivity index (χ1v) is 6.69. The van der Waals surface area contributed by atoms with Crippen LogP contribution in [0.3, 0.4) is 0 Å². The SMILES string of the molecule is Cn1nc(-c2cc(Br)ccc2OC2CC2)cc1N. The summed E-state index contributed by atoms with van der Waals surface area (Å²) in [6.45, 7) is 0. The van der Waals surface area contributed by atoms with Gasteiger partial charge in [0.2, 0.25) is 0 Å². The number of ether oxygens (including phenoxy) is 1. The van der Waals surface area contributed by atoms with Crippen molar-refractivity contribution in [3.63, 3.8) is 0 Å². The van der Waals surface area contributed by atoms with Gasteiger partial charge in [0.05, 0.1) is 11.8 Å². The van der Waals surface area contributed by atoms with Gasteiger partial charge in [-0.25, -0.2) is 0 Å². The van der Waals surface area contributed by atoms with Gasteiger partial charge in [-0.3, -0.25) is 4.68 Å². The molecule has 0 amide bonds. The van der Waals surface area contributed by atoms with Crippen LogP contribution in [0.25, 0.3) is 11.3 Å². The second-order valence-electron chi connectivity index (χ2n) is 4.54. The largest absolute Gasteiger partial charge is 0.490 e. The lowest BCUT2D eigenvalue weighted by Crippen LogP contribution is -1.99. The Hall–Kier alpha value is -1.49. The van der Waals surface area contributed by atoms with Crippen molar-refractivity contribution in [2.24, 2.45) is 7.05 Å². The Morgan fingerprint density at radius 1 is 1.39 bits per heavy atom. The smallest absolute Gasteiger partial charge is 0.129 e. The Balaban J connectivity index is 2.04. The normalized spacial score (nSPS) is 14.8. The monoisotopic (exact) mass is 307 g/mol. The van der Waals surface area contributed by atoms with E-state index in [0.717, 1.165) is 34.3 Å². The molecule has 2 aromatic rings. The van der Waals surface area contributed by atoms with Crippen LogP contribution in [0.2, 0.25) is 0 Å². The molecule has 18 heavy (non-hydrogen) atoms. The molecule has 1 aliphatic carbocycles. The Morgan fingerprint density at radius 3 is 2.78 bits per heavy atom. The highest BCUT2D eigenvalue weighted by molar-refractivity contribution is 9.10. The summed E-state index contributed by atoms with van der Waals surface area (Å²) >= 11 is 3.48. The van der Waals surface area contributed by atoms with Crippen LogP contribution in [-0.4, -0.2) is 15.9 Å². The van der Waals surface area contributed by atoms with Crippen LogP contribution in [0.4, 0.5) is 5.82 Å². The molecule has 3 rings (SSSR count). The van der Waals surface area contributed by atoms with E-state index in [0.29, 0.717) is 11.9 Å². The highest BCUT2D eigenvalue weighted by atomic mass is 79.9. The third-order valence-corrected chi connectivity index (χ3v) is 3.44. The molecule has 1 aromatic heterocycles. The molecule has 1 aromatic carbocycles. The molecular formula is C13H14BrN3O. The van der Waals surface area contributed by atoms with E-state index in [4.69, 9.17) is 10.5 Å². The number of aromatic nitrogens is 2. The second-order valence-corrected chi connectivity index (χ2v) is 5.45. The number of nitrogens with two attached hydrogens (primary N) is 1. The molecule has 0 bridgehead atoms. The zero-order valence-corrected chi connectivity index (χ0v) is 11.6. The minimum atomic E-state index is 0.367. The van der Waals surface area contributed by atoms with E-state index in [-0.39, 0.29) is 0 Å². The van der Waals surface area contributed by atoms with Crippen molar-refractivity contribution in [1.82, 2.24) is 9.78 Å². The van der Waals surface area contributed by atoms with Gasteiger partial charge in [0, 0.05) is 23.2 Å². The van der Waals surface area contributed by atoms with Gasteiger partial charge in [-0.1, -0.05) is 15.9 Å². The van der Waals surface area contributed by atoms with Gasteiger partial charge in [-0.05, 0) is 31.0 Å². The Labute approximate surface area is 114 Å². The van der Waals surface area contributed by atoms with Crippen molar-refractivity contribution >= 4 is 21.7 Å². The van der Waals surface area contributed by atoms with Crippen LogP contribution in [0.5, 0.6) is 5.75 Å². The van der Waals surface area contributed by atoms with Crippen molar-refractivity contribution < 1.29 is 4.74 Å². The van der Waals surface area contributed by atoms with Crippen molar-refractivity contribution in [3.05, 3.63) is 28.7 Å². The van der Waals surface area contributed by atoms with Crippen LogP contribution in [-0.2, 0) is 7.05 Å². The predicted molar refractivity (Wildman–Crippen MR) is 74.4 cm³/mol. The molecule has 0 aliphatic heterocycles. The first-order valence-electron chi connectivity index (χ1n) is 5.89. The van der Waals surface area contributed by atoms with Gasteiger partial charge < -0.3 is 10.5 Å². The fourth-order valence-electron chi connectivity index (χ4n) is 1.78. The summed E-state index contributed by atoms with van der Waals surface area (Å²) in [6.07, 6.45) is 2.64. The third-order valence-electron chi connectivity index (χ3n) is 2.95. The van der Waals surface area contributed by atoms with Crippen molar-refractivity contribution in [2.75, 3.05) is 5.73 Å². The maximum atomic E-state index is 5.90. The average Bonchev–Trinajstić information content (AvgIpc) is 3.08. The summed E-state index contributed by atoms with van der Waals surface area (Å²) in [4.78, 5) is 0. The molecule has 0 radical (unpaired) electrons. The van der Waals surface area contributed by atoms with E-state index in [1.807, 2.05) is 31.3 Å². The van der Waals surface area contributed by atoms with Crippen molar-refractivity contribution in [1.29, 1.82) is 0 Å². The van der Waals surface area contributed by atoms with Crippen molar-refractivity contribution in [3.8, 4) is 17.0 Å². The standard InChI is InChI=1S/C13H14BrN3O/c1-17-13(15)7-11(16-17)10-6-8(14)2-5-12(10)18-9-3-4-9/h2,5-7,9H,3-4,15H2,1H3. The van der Waals surface area contributed by atoms with Gasteiger partial charge in [0.15, 0.2) is 0 Å². The summed E-state index contributed by atoms with van der Waals surface area (Å²) < 4.78 is 8.57. The second kappa shape index (κ2) is 4.31. The molecule has 2 N–H and O–H groups in total.